The molecule has 1 fully saturated rings. The number of carboxylic acid groups (broad SMARTS) is 1. The number of hydrogen-bond donors (Lipinski definition) is 7. The van der Waals surface area contributed by atoms with Crippen LogP contribution in [0, 0.1) is 13.8 Å². The number of hydrogen-bond acceptors (Lipinski definition) is 17. The van der Waals surface area contributed by atoms with E-state index in [1.807, 2.05) is 32.0 Å². The summed E-state index contributed by atoms with van der Waals surface area (Å²) < 4.78 is 23.8. The third kappa shape index (κ3) is 9.28. The van der Waals surface area contributed by atoms with Gasteiger partial charge in [-0.05, 0) is 74.7 Å². The number of nitrogens with one attached hydrogen (secondary N) is 1. The molecule has 0 bridgehead atoms. The summed E-state index contributed by atoms with van der Waals surface area (Å²) in [5, 5.41) is 69.8. The van der Waals surface area contributed by atoms with E-state index >= 15 is 0 Å². The van der Waals surface area contributed by atoms with Crippen molar-refractivity contribution in [2.45, 2.75) is 75.5 Å². The monoisotopic (exact) mass is 869 g/mol. The fourth-order valence-corrected chi connectivity index (χ4v) is 7.90. The number of rotatable bonds is 18. The number of nitrogens with zero attached hydrogens (tertiary/aromatic N) is 2. The number of aliphatic carboxylic acids is 1. The number of aromatic hydroxyl groups is 1. The lowest BCUT2D eigenvalue weighted by Crippen LogP contribution is -2.73. The Kier molecular flexibility index (Phi) is 13.5. The van der Waals surface area contributed by atoms with Crippen LogP contribution in [0.1, 0.15) is 36.0 Å². The second kappa shape index (κ2) is 19.0. The molecule has 1 saturated heterocycles. The van der Waals surface area contributed by atoms with Crippen molar-refractivity contribution in [3.8, 4) is 22.6 Å². The van der Waals surface area contributed by atoms with Gasteiger partial charge in [0.1, 0.15) is 48.4 Å². The van der Waals surface area contributed by atoms with Crippen LogP contribution in [0.4, 0.5) is 0 Å². The predicted octanol–water partition coefficient (Wildman–Crippen LogP) is 2.28. The van der Waals surface area contributed by atoms with Crippen molar-refractivity contribution in [1.29, 1.82) is 0 Å². The number of benzene rings is 3. The van der Waals surface area contributed by atoms with E-state index in [9.17, 15) is 49.8 Å². The van der Waals surface area contributed by atoms with Gasteiger partial charge >= 0.3 is 11.9 Å². The maximum absolute atomic E-state index is 13.6. The molecule has 0 saturated carbocycles. The first-order valence-electron chi connectivity index (χ1n) is 20.2. The van der Waals surface area contributed by atoms with Gasteiger partial charge in [-0.2, -0.15) is 0 Å². The summed E-state index contributed by atoms with van der Waals surface area (Å²) in [5.74, 6) is -2.89. The first-order valence-corrected chi connectivity index (χ1v) is 20.2. The highest BCUT2D eigenvalue weighted by molar-refractivity contribution is 5.98. The third-order valence-corrected chi connectivity index (χ3v) is 11.0. The lowest BCUT2D eigenvalue weighted by molar-refractivity contribution is -0.370. The van der Waals surface area contributed by atoms with Crippen LogP contribution in [-0.2, 0) is 28.7 Å². The number of carboxylic acids is 1. The first-order chi connectivity index (χ1) is 30.2. The van der Waals surface area contributed by atoms with E-state index in [0.717, 1.165) is 16.7 Å². The number of phenols is 1. The van der Waals surface area contributed by atoms with Crippen LogP contribution >= 0.6 is 0 Å². The highest BCUT2D eigenvalue weighted by Crippen LogP contribution is 2.43. The van der Waals surface area contributed by atoms with Gasteiger partial charge in [0.25, 0.3) is 0 Å². The molecular weight excluding hydrogens is 823 g/mol. The van der Waals surface area contributed by atoms with Crippen molar-refractivity contribution in [3.05, 3.63) is 111 Å². The molecular formula is C45H47N3O15. The highest BCUT2D eigenvalue weighted by atomic mass is 16.8. The number of esters is 1. The van der Waals surface area contributed by atoms with Crippen molar-refractivity contribution in [3.63, 3.8) is 0 Å². The van der Waals surface area contributed by atoms with Crippen LogP contribution in [0.3, 0.4) is 0 Å². The molecule has 7 rings (SSSR count). The summed E-state index contributed by atoms with van der Waals surface area (Å²) in [5.41, 5.74) is 2.11. The topological polar surface area (TPSA) is 267 Å². The average Bonchev–Trinajstić information content (AvgIpc) is 3.85. The Morgan fingerprint density at radius 1 is 1.08 bits per heavy atom. The number of aliphatic hydroxyl groups excluding tert-OH is 3. The molecule has 0 aliphatic carbocycles. The fraction of sp³-hybridized carbons (Fsp3) is 0.356. The van der Waals surface area contributed by atoms with Crippen molar-refractivity contribution >= 4 is 41.1 Å². The van der Waals surface area contributed by atoms with Gasteiger partial charge in [0.2, 0.25) is 12.3 Å². The molecule has 0 radical (unpaired) electrons. The van der Waals surface area contributed by atoms with E-state index in [-0.39, 0.29) is 65.8 Å². The number of allylic oxidation sites excluding steroid dienone is 1. The van der Waals surface area contributed by atoms with E-state index in [2.05, 4.69) is 10.3 Å². The molecule has 18 heteroatoms. The lowest BCUT2D eigenvalue weighted by atomic mass is 9.78. The molecule has 3 aliphatic rings. The normalized spacial score (nSPS) is 22.8. The average molecular weight is 870 g/mol. The second-order valence-corrected chi connectivity index (χ2v) is 15.5. The highest BCUT2D eigenvalue weighted by Gasteiger charge is 2.62. The zero-order valence-electron chi connectivity index (χ0n) is 34.2. The minimum atomic E-state index is -2.72. The number of fused-ring (bicyclic) bond motifs is 2. The molecule has 0 amide bonds. The Morgan fingerprint density at radius 2 is 1.83 bits per heavy atom. The summed E-state index contributed by atoms with van der Waals surface area (Å²) in [4.78, 5) is 60.7. The molecule has 0 spiro atoms. The summed E-state index contributed by atoms with van der Waals surface area (Å²) in [6.45, 7) is 2.53. The largest absolute Gasteiger partial charge is 0.508 e. The minimum absolute atomic E-state index is 0.00442. The SMILES string of the molecule is Cc1cc(C)cc(C2=C3N=CC=C3CN2O[C@@H]2[C@@H](Oc3ccc4c(=O)c(-c5ccc(O)cc5)coc4c3)O[C@@H](COC(=O)[C@H](NCCC=O)C(=O)O)[C@H](O)[C@]2(O)[C@H](O)CCCO)c1. The van der Waals surface area contributed by atoms with Gasteiger partial charge in [0.15, 0.2) is 17.1 Å². The van der Waals surface area contributed by atoms with Crippen molar-refractivity contribution in [2.24, 2.45) is 4.99 Å². The molecule has 4 aromatic rings. The quantitative estimate of drug-likeness (QED) is 0.0327. The van der Waals surface area contributed by atoms with Crippen LogP contribution in [0.25, 0.3) is 27.8 Å². The summed E-state index contributed by atoms with van der Waals surface area (Å²) in [6.07, 6.45) is -4.41. The maximum Gasteiger partial charge on any atom is 0.334 e. The number of ether oxygens (including phenoxy) is 3. The van der Waals surface area contributed by atoms with E-state index in [1.165, 1.54) is 41.7 Å². The molecule has 4 heterocycles. The molecule has 1 aromatic heterocycles. The fourth-order valence-electron chi connectivity index (χ4n) is 7.90. The molecule has 0 unspecified atom stereocenters. The van der Waals surface area contributed by atoms with Crippen molar-refractivity contribution < 1.29 is 68.5 Å². The Morgan fingerprint density at radius 3 is 2.52 bits per heavy atom. The summed E-state index contributed by atoms with van der Waals surface area (Å²) in [7, 11) is 0. The molecule has 7 N–H and O–H groups in total. The predicted molar refractivity (Wildman–Crippen MR) is 224 cm³/mol. The van der Waals surface area contributed by atoms with Crippen LogP contribution < -0.4 is 15.5 Å². The van der Waals surface area contributed by atoms with E-state index in [4.69, 9.17) is 23.5 Å². The first kappa shape index (κ1) is 44.8. The maximum atomic E-state index is 13.6. The van der Waals surface area contributed by atoms with Crippen molar-refractivity contribution in [1.82, 2.24) is 10.4 Å². The van der Waals surface area contributed by atoms with Gasteiger partial charge in [0, 0.05) is 43.0 Å². The Balaban J connectivity index is 1.28. The number of carbonyl (C=O) groups is 3. The van der Waals surface area contributed by atoms with E-state index in [1.54, 1.807) is 24.4 Å². The Bertz CT molecular complexity index is 2500. The third-order valence-electron chi connectivity index (χ3n) is 11.0. The van der Waals surface area contributed by atoms with Crippen LogP contribution in [0.2, 0.25) is 0 Å². The Hall–Kier alpha value is -6.25. The van der Waals surface area contributed by atoms with Gasteiger partial charge in [-0.3, -0.25) is 19.9 Å². The number of aliphatic hydroxyl groups is 4. The van der Waals surface area contributed by atoms with Gasteiger partial charge in [-0.15, -0.1) is 0 Å². The van der Waals surface area contributed by atoms with Crippen LogP contribution in [0.5, 0.6) is 11.5 Å². The molecule has 63 heavy (non-hydrogen) atoms. The molecule has 3 aliphatic heterocycles. The second-order valence-electron chi connectivity index (χ2n) is 15.5. The van der Waals surface area contributed by atoms with Crippen LogP contribution in [0.15, 0.2) is 98.5 Å². The number of carbonyl (C=O) groups excluding carboxylic acids is 2. The van der Waals surface area contributed by atoms with E-state index < -0.39 is 67.5 Å². The van der Waals surface area contributed by atoms with Gasteiger partial charge < -0.3 is 54.1 Å². The molecule has 3 aromatic carbocycles. The van der Waals surface area contributed by atoms with Gasteiger partial charge in [-0.25, -0.2) is 14.7 Å². The van der Waals surface area contributed by atoms with Crippen molar-refractivity contribution in [2.75, 3.05) is 26.3 Å². The molecule has 18 nitrogen and oxygen atoms in total. The minimum Gasteiger partial charge on any atom is -0.508 e. The zero-order chi connectivity index (χ0) is 45.0. The van der Waals surface area contributed by atoms with Gasteiger partial charge in [0.05, 0.1) is 35.0 Å². The van der Waals surface area contributed by atoms with Gasteiger partial charge in [-0.1, -0.05) is 29.3 Å². The number of aryl methyl sites for hydroxylation is 2. The number of aldehydes is 1. The number of hydroxylamine groups is 2. The Labute approximate surface area is 359 Å². The van der Waals surface area contributed by atoms with Crippen LogP contribution in [-0.4, -0.2) is 129 Å². The number of phenolic OH excluding ortho intramolecular Hbond substituents is 1. The standard InChI is InChI=1S/C45H47N3O15/c1-24-17-25(2)19-28(18-24)38-36-27(12-14-47-36)21-48(38)63-41-44(61-30-10-11-31-33(20-30)59-22-32(39(31)53)26-6-8-29(51)9-7-26)62-34(40(54)45(41,58)35(52)5-3-15-49)23-60-43(57)37(42(55)56)46-13-4-16-50/h6-12,14,16-20,22,34-35,37,40-41,44,46,49,51-52,54,58H,3-5,13,15,21,23H2,1-2H3,(H,55,56)/t34-,35+,37+,40-,41+,44-,45+/m0/s1. The number of aliphatic imine (C=N–C) groups is 1. The molecule has 332 valence electrons. The van der Waals surface area contributed by atoms with E-state index in [0.29, 0.717) is 28.8 Å². The smallest absolute Gasteiger partial charge is 0.334 e. The lowest BCUT2D eigenvalue weighted by Gasteiger charge is -2.51. The summed E-state index contributed by atoms with van der Waals surface area (Å²) in [6, 6.07) is 14.2. The zero-order valence-corrected chi connectivity index (χ0v) is 34.2. The summed E-state index contributed by atoms with van der Waals surface area (Å²) >= 11 is 0. The molecule has 7 atom stereocenters.